The van der Waals surface area contributed by atoms with Crippen molar-refractivity contribution in [1.29, 1.82) is 0 Å². The van der Waals surface area contributed by atoms with Crippen LogP contribution in [0, 0.1) is 0 Å². The number of amides is 4. The molecule has 0 aromatic heterocycles. The van der Waals surface area contributed by atoms with E-state index in [-0.39, 0.29) is 37.6 Å². The number of halogens is 1. The van der Waals surface area contributed by atoms with Gasteiger partial charge in [-0.05, 0) is 28.1 Å². The second-order valence-corrected chi connectivity index (χ2v) is 5.53. The van der Waals surface area contributed by atoms with Crippen molar-refractivity contribution in [1.82, 2.24) is 15.8 Å². The van der Waals surface area contributed by atoms with Crippen LogP contribution in [0.15, 0.2) is 28.7 Å². The van der Waals surface area contributed by atoms with E-state index in [4.69, 9.17) is 0 Å². The van der Waals surface area contributed by atoms with Crippen LogP contribution in [-0.2, 0) is 14.4 Å². The number of imide groups is 1. The first kappa shape index (κ1) is 16.2. The molecule has 2 N–H and O–H groups in total. The highest BCUT2D eigenvalue weighted by molar-refractivity contribution is 9.10. The third-order valence-electron chi connectivity index (χ3n) is 3.15. The van der Waals surface area contributed by atoms with E-state index in [9.17, 15) is 19.2 Å². The molecule has 22 heavy (non-hydrogen) atoms. The Bertz CT molecular complexity index is 616. The number of hydrogen-bond acceptors (Lipinski definition) is 4. The highest BCUT2D eigenvalue weighted by Gasteiger charge is 2.28. The van der Waals surface area contributed by atoms with Crippen molar-refractivity contribution >= 4 is 39.6 Å². The summed E-state index contributed by atoms with van der Waals surface area (Å²) in [7, 11) is 0. The smallest absolute Gasteiger partial charge is 0.270 e. The van der Waals surface area contributed by atoms with Gasteiger partial charge in [-0.15, -0.1) is 0 Å². The van der Waals surface area contributed by atoms with Gasteiger partial charge in [0.05, 0.1) is 5.56 Å². The van der Waals surface area contributed by atoms with Crippen LogP contribution in [0.3, 0.4) is 0 Å². The number of likely N-dealkylation sites (tertiary alicyclic amines) is 1. The molecule has 7 nitrogen and oxygen atoms in total. The summed E-state index contributed by atoms with van der Waals surface area (Å²) in [6.07, 6.45) is 0.326. The maximum atomic E-state index is 11.9. The summed E-state index contributed by atoms with van der Waals surface area (Å²) in [5, 5.41) is 0. The molecule has 0 saturated carbocycles. The average Bonchev–Trinajstić information content (AvgIpc) is 2.82. The lowest BCUT2D eigenvalue weighted by atomic mass is 10.2. The average molecular weight is 368 g/mol. The zero-order valence-electron chi connectivity index (χ0n) is 11.6. The van der Waals surface area contributed by atoms with Crippen LogP contribution in [0.2, 0.25) is 0 Å². The van der Waals surface area contributed by atoms with Crippen molar-refractivity contribution in [3.8, 4) is 0 Å². The van der Waals surface area contributed by atoms with Gasteiger partial charge in [0.1, 0.15) is 0 Å². The summed E-state index contributed by atoms with van der Waals surface area (Å²) in [6.45, 7) is 0.0222. The summed E-state index contributed by atoms with van der Waals surface area (Å²) >= 11 is 3.24. The van der Waals surface area contributed by atoms with Crippen LogP contribution in [0.1, 0.15) is 29.6 Å². The molecule has 116 valence electrons. The van der Waals surface area contributed by atoms with Gasteiger partial charge in [0, 0.05) is 30.3 Å². The van der Waals surface area contributed by atoms with Crippen molar-refractivity contribution in [3.63, 3.8) is 0 Å². The lowest BCUT2D eigenvalue weighted by molar-refractivity contribution is -0.138. The summed E-state index contributed by atoms with van der Waals surface area (Å²) < 4.78 is 0.606. The Morgan fingerprint density at radius 1 is 1.09 bits per heavy atom. The van der Waals surface area contributed by atoms with E-state index in [1.54, 1.807) is 24.3 Å². The Kier molecular flexibility index (Phi) is 5.26. The fourth-order valence-electron chi connectivity index (χ4n) is 1.99. The van der Waals surface area contributed by atoms with Crippen molar-refractivity contribution in [2.45, 2.75) is 19.3 Å². The third kappa shape index (κ3) is 3.91. The Balaban J connectivity index is 1.78. The SMILES string of the molecule is O=C(CCN1C(=O)CCC1=O)NNC(=O)c1ccccc1Br. The van der Waals surface area contributed by atoms with E-state index in [1.807, 2.05) is 0 Å². The van der Waals surface area contributed by atoms with E-state index in [2.05, 4.69) is 26.8 Å². The molecule has 1 fully saturated rings. The van der Waals surface area contributed by atoms with Gasteiger partial charge < -0.3 is 0 Å². The summed E-state index contributed by atoms with van der Waals surface area (Å²) in [5.74, 6) is -1.48. The van der Waals surface area contributed by atoms with Gasteiger partial charge in [0.25, 0.3) is 5.91 Å². The topological polar surface area (TPSA) is 95.6 Å². The van der Waals surface area contributed by atoms with E-state index in [0.717, 1.165) is 4.90 Å². The zero-order valence-corrected chi connectivity index (χ0v) is 13.2. The normalized spacial score (nSPS) is 14.1. The molecule has 1 aromatic rings. The second-order valence-electron chi connectivity index (χ2n) is 4.67. The van der Waals surface area contributed by atoms with Gasteiger partial charge in [0.15, 0.2) is 0 Å². The molecule has 0 unspecified atom stereocenters. The molecule has 0 atom stereocenters. The first-order valence-corrected chi connectivity index (χ1v) is 7.45. The molecule has 1 saturated heterocycles. The molecule has 1 heterocycles. The summed E-state index contributed by atoms with van der Waals surface area (Å²) in [4.78, 5) is 47.3. The van der Waals surface area contributed by atoms with Crippen LogP contribution in [-0.4, -0.2) is 35.1 Å². The van der Waals surface area contributed by atoms with Gasteiger partial charge in [-0.1, -0.05) is 12.1 Å². The lowest BCUT2D eigenvalue weighted by Gasteiger charge is -2.13. The highest BCUT2D eigenvalue weighted by Crippen LogP contribution is 2.15. The highest BCUT2D eigenvalue weighted by atomic mass is 79.9. The molecule has 1 aliphatic heterocycles. The summed E-state index contributed by atoms with van der Waals surface area (Å²) in [5.41, 5.74) is 4.92. The monoisotopic (exact) mass is 367 g/mol. The molecular formula is C14H14BrN3O4. The van der Waals surface area contributed by atoms with E-state index in [1.165, 1.54) is 0 Å². The van der Waals surface area contributed by atoms with Crippen molar-refractivity contribution < 1.29 is 19.2 Å². The van der Waals surface area contributed by atoms with Crippen LogP contribution >= 0.6 is 15.9 Å². The Hall–Kier alpha value is -2.22. The second kappa shape index (κ2) is 7.17. The minimum absolute atomic E-state index is 0.0222. The first-order chi connectivity index (χ1) is 10.5. The fraction of sp³-hybridized carbons (Fsp3) is 0.286. The maximum Gasteiger partial charge on any atom is 0.270 e. The number of rotatable bonds is 4. The van der Waals surface area contributed by atoms with Crippen LogP contribution in [0.25, 0.3) is 0 Å². The van der Waals surface area contributed by atoms with Crippen molar-refractivity contribution in [3.05, 3.63) is 34.3 Å². The van der Waals surface area contributed by atoms with Gasteiger partial charge in [-0.3, -0.25) is 34.9 Å². The first-order valence-electron chi connectivity index (χ1n) is 6.66. The number of hydrazine groups is 1. The zero-order chi connectivity index (χ0) is 16.1. The quantitative estimate of drug-likeness (QED) is 0.606. The Labute approximate surface area is 135 Å². The van der Waals surface area contributed by atoms with E-state index in [0.29, 0.717) is 10.0 Å². The standard InChI is InChI=1S/C14H14BrN3O4/c15-10-4-2-1-3-9(10)14(22)17-16-11(19)7-8-18-12(20)5-6-13(18)21/h1-4H,5-8H2,(H,16,19)(H,17,22). The predicted molar refractivity (Wildman–Crippen MR) is 80.3 cm³/mol. The Morgan fingerprint density at radius 3 is 2.36 bits per heavy atom. The lowest BCUT2D eigenvalue weighted by Crippen LogP contribution is -2.43. The summed E-state index contributed by atoms with van der Waals surface area (Å²) in [6, 6.07) is 6.78. The molecule has 4 amide bonds. The number of carbonyl (C=O) groups excluding carboxylic acids is 4. The molecule has 8 heteroatoms. The Morgan fingerprint density at radius 2 is 1.73 bits per heavy atom. The van der Waals surface area contributed by atoms with Crippen molar-refractivity contribution in [2.24, 2.45) is 0 Å². The van der Waals surface area contributed by atoms with Crippen LogP contribution in [0.4, 0.5) is 0 Å². The minimum Gasteiger partial charge on any atom is -0.282 e. The van der Waals surface area contributed by atoms with Crippen LogP contribution in [0.5, 0.6) is 0 Å². The molecule has 1 aromatic carbocycles. The molecule has 0 spiro atoms. The van der Waals surface area contributed by atoms with Gasteiger partial charge >= 0.3 is 0 Å². The molecule has 0 aliphatic carbocycles. The fourth-order valence-corrected chi connectivity index (χ4v) is 2.45. The molecule has 0 bridgehead atoms. The van der Waals surface area contributed by atoms with Gasteiger partial charge in [-0.2, -0.15) is 0 Å². The predicted octanol–water partition coefficient (Wildman–Crippen LogP) is 0.749. The molecule has 0 radical (unpaired) electrons. The third-order valence-corrected chi connectivity index (χ3v) is 3.84. The molecule has 1 aliphatic rings. The number of benzene rings is 1. The number of hydrogen-bond donors (Lipinski definition) is 2. The van der Waals surface area contributed by atoms with E-state index < -0.39 is 11.8 Å². The molecule has 2 rings (SSSR count). The van der Waals surface area contributed by atoms with Gasteiger partial charge in [0.2, 0.25) is 17.7 Å². The maximum absolute atomic E-state index is 11.9. The number of nitrogens with zero attached hydrogens (tertiary/aromatic N) is 1. The van der Waals surface area contributed by atoms with Crippen LogP contribution < -0.4 is 10.9 Å². The van der Waals surface area contributed by atoms with Crippen molar-refractivity contribution in [2.75, 3.05) is 6.54 Å². The van der Waals surface area contributed by atoms with Gasteiger partial charge in [-0.25, -0.2) is 0 Å². The minimum atomic E-state index is -0.479. The largest absolute Gasteiger partial charge is 0.282 e. The number of carbonyl (C=O) groups is 4. The molecular weight excluding hydrogens is 354 g/mol. The van der Waals surface area contributed by atoms with E-state index >= 15 is 0 Å². The number of nitrogens with one attached hydrogen (secondary N) is 2.